The maximum absolute atomic E-state index is 13.2. The van der Waals surface area contributed by atoms with Crippen molar-refractivity contribution in [2.24, 2.45) is 0 Å². The normalized spacial score (nSPS) is 10.2. The van der Waals surface area contributed by atoms with Gasteiger partial charge < -0.3 is 15.8 Å². The van der Waals surface area contributed by atoms with Crippen molar-refractivity contribution in [3.05, 3.63) is 29.3 Å². The average molecular weight is 270 g/mol. The molecule has 0 unspecified atom stereocenters. The summed E-state index contributed by atoms with van der Waals surface area (Å²) in [5, 5.41) is 2.79. The highest BCUT2D eigenvalue weighted by Gasteiger charge is 2.06. The summed E-state index contributed by atoms with van der Waals surface area (Å²) in [6.07, 6.45) is 0. The van der Waals surface area contributed by atoms with Crippen molar-refractivity contribution >= 4 is 29.2 Å². The number of hydrogen-bond donors (Lipinski definition) is 2. The number of ether oxygens (including phenoxy) is 1. The highest BCUT2D eigenvalue weighted by molar-refractivity contribution is 6.28. The molecular weight excluding hydrogens is 261 g/mol. The van der Waals surface area contributed by atoms with Crippen LogP contribution >= 0.6 is 11.6 Å². The van der Waals surface area contributed by atoms with E-state index in [0.717, 1.165) is 0 Å². The molecule has 18 heavy (non-hydrogen) atoms. The minimum atomic E-state index is -0.462. The van der Waals surface area contributed by atoms with Crippen LogP contribution in [0.5, 0.6) is 5.75 Å². The molecule has 1 aromatic heterocycles. The highest BCUT2D eigenvalue weighted by atomic mass is 35.5. The third-order valence-electron chi connectivity index (χ3n) is 2.03. The minimum Gasteiger partial charge on any atom is -0.494 e. The van der Waals surface area contributed by atoms with Crippen LogP contribution in [0.15, 0.2) is 18.2 Å². The molecule has 94 valence electrons. The minimum absolute atomic E-state index is 0.00780. The standard InChI is InChI=1S/C10H9ClFN5O/c1-18-7-4-5(2-3-6(7)12)14-10-16-8(11)15-9(13)17-10/h2-4H,1H3,(H3,13,14,15,16,17). The molecule has 2 rings (SSSR count). The van der Waals surface area contributed by atoms with Gasteiger partial charge in [0.25, 0.3) is 0 Å². The van der Waals surface area contributed by atoms with E-state index in [-0.39, 0.29) is 22.9 Å². The van der Waals surface area contributed by atoms with Gasteiger partial charge in [-0.05, 0) is 23.7 Å². The Morgan fingerprint density at radius 2 is 2.11 bits per heavy atom. The predicted molar refractivity (Wildman–Crippen MR) is 65.5 cm³/mol. The summed E-state index contributed by atoms with van der Waals surface area (Å²) in [4.78, 5) is 11.3. The molecule has 2 aromatic rings. The largest absolute Gasteiger partial charge is 0.494 e. The lowest BCUT2D eigenvalue weighted by molar-refractivity contribution is 0.387. The molecule has 0 atom stereocenters. The first-order valence-electron chi connectivity index (χ1n) is 4.86. The maximum Gasteiger partial charge on any atom is 0.233 e. The van der Waals surface area contributed by atoms with Crippen LogP contribution in [-0.4, -0.2) is 22.1 Å². The second kappa shape index (κ2) is 5.01. The zero-order valence-electron chi connectivity index (χ0n) is 9.32. The van der Waals surface area contributed by atoms with Crippen LogP contribution in [0.4, 0.5) is 22.0 Å². The van der Waals surface area contributed by atoms with Crippen LogP contribution in [0, 0.1) is 5.82 Å². The number of nitrogens with one attached hydrogen (secondary N) is 1. The summed E-state index contributed by atoms with van der Waals surface area (Å²) < 4.78 is 18.1. The summed E-state index contributed by atoms with van der Waals surface area (Å²) >= 11 is 5.63. The monoisotopic (exact) mass is 269 g/mol. The molecule has 0 spiro atoms. The van der Waals surface area contributed by atoms with E-state index in [9.17, 15) is 4.39 Å². The SMILES string of the molecule is COc1cc(Nc2nc(N)nc(Cl)n2)ccc1F. The summed E-state index contributed by atoms with van der Waals surface area (Å²) in [7, 11) is 1.37. The molecule has 8 heteroatoms. The van der Waals surface area contributed by atoms with Crippen molar-refractivity contribution in [2.75, 3.05) is 18.2 Å². The van der Waals surface area contributed by atoms with E-state index < -0.39 is 5.82 Å². The van der Waals surface area contributed by atoms with Gasteiger partial charge in [0.05, 0.1) is 7.11 Å². The number of methoxy groups -OCH3 is 1. The second-order valence-electron chi connectivity index (χ2n) is 3.26. The fraction of sp³-hybridized carbons (Fsp3) is 0.100. The fourth-order valence-electron chi connectivity index (χ4n) is 1.29. The molecular formula is C10H9ClFN5O. The molecule has 0 aliphatic heterocycles. The van der Waals surface area contributed by atoms with Crippen LogP contribution in [0.2, 0.25) is 5.28 Å². The molecule has 1 aromatic carbocycles. The van der Waals surface area contributed by atoms with Gasteiger partial charge in [0.2, 0.25) is 17.2 Å². The summed E-state index contributed by atoms with van der Waals surface area (Å²) in [6.45, 7) is 0. The zero-order valence-corrected chi connectivity index (χ0v) is 10.1. The van der Waals surface area contributed by atoms with Crippen molar-refractivity contribution in [3.63, 3.8) is 0 Å². The molecule has 0 aliphatic carbocycles. The van der Waals surface area contributed by atoms with Gasteiger partial charge >= 0.3 is 0 Å². The van der Waals surface area contributed by atoms with E-state index in [1.165, 1.54) is 25.3 Å². The van der Waals surface area contributed by atoms with E-state index >= 15 is 0 Å². The predicted octanol–water partition coefficient (Wildman–Crippen LogP) is 2.00. The first kappa shape index (κ1) is 12.3. The number of nitrogens with two attached hydrogens (primary N) is 1. The molecule has 0 radical (unpaired) electrons. The lowest BCUT2D eigenvalue weighted by atomic mass is 10.3. The van der Waals surface area contributed by atoms with E-state index in [0.29, 0.717) is 5.69 Å². The maximum atomic E-state index is 13.2. The molecule has 0 saturated heterocycles. The molecule has 3 N–H and O–H groups in total. The van der Waals surface area contributed by atoms with Gasteiger partial charge in [-0.1, -0.05) is 0 Å². The van der Waals surface area contributed by atoms with Gasteiger partial charge in [-0.15, -0.1) is 0 Å². The van der Waals surface area contributed by atoms with E-state index in [4.69, 9.17) is 22.1 Å². The Bertz CT molecular complexity index is 560. The van der Waals surface area contributed by atoms with Crippen LogP contribution in [0.1, 0.15) is 0 Å². The Kier molecular flexibility index (Phi) is 3.42. The van der Waals surface area contributed by atoms with Gasteiger partial charge in [0, 0.05) is 11.8 Å². The molecule has 0 bridgehead atoms. The number of benzene rings is 1. The Balaban J connectivity index is 2.28. The molecule has 1 heterocycles. The number of halogens is 2. The number of anilines is 3. The summed E-state index contributed by atoms with van der Waals surface area (Å²) in [6, 6.07) is 4.22. The van der Waals surface area contributed by atoms with Gasteiger partial charge in [-0.2, -0.15) is 15.0 Å². The lowest BCUT2D eigenvalue weighted by Gasteiger charge is -2.07. The van der Waals surface area contributed by atoms with E-state index in [2.05, 4.69) is 20.3 Å². The Hall–Kier alpha value is -2.15. The van der Waals surface area contributed by atoms with E-state index in [1.54, 1.807) is 0 Å². The number of rotatable bonds is 3. The Morgan fingerprint density at radius 3 is 2.78 bits per heavy atom. The Labute approximate surface area is 107 Å². The second-order valence-corrected chi connectivity index (χ2v) is 3.60. The first-order valence-corrected chi connectivity index (χ1v) is 5.24. The van der Waals surface area contributed by atoms with Crippen LogP contribution in [0.3, 0.4) is 0 Å². The third-order valence-corrected chi connectivity index (χ3v) is 2.20. The lowest BCUT2D eigenvalue weighted by Crippen LogP contribution is -2.03. The number of hydrogen-bond acceptors (Lipinski definition) is 6. The topological polar surface area (TPSA) is 86.0 Å². The van der Waals surface area contributed by atoms with Gasteiger partial charge in [-0.25, -0.2) is 4.39 Å². The first-order chi connectivity index (χ1) is 8.58. The third kappa shape index (κ3) is 2.75. The van der Waals surface area contributed by atoms with Gasteiger partial charge in [-0.3, -0.25) is 0 Å². The van der Waals surface area contributed by atoms with Crippen molar-refractivity contribution in [1.82, 2.24) is 15.0 Å². The quantitative estimate of drug-likeness (QED) is 0.886. The van der Waals surface area contributed by atoms with Gasteiger partial charge in [0.1, 0.15) is 0 Å². The number of aromatic nitrogens is 3. The molecule has 0 saturated carbocycles. The zero-order chi connectivity index (χ0) is 13.1. The smallest absolute Gasteiger partial charge is 0.233 e. The summed E-state index contributed by atoms with van der Waals surface area (Å²) in [5.74, 6) is -0.197. The average Bonchev–Trinajstić information content (AvgIpc) is 2.30. The van der Waals surface area contributed by atoms with Crippen LogP contribution < -0.4 is 15.8 Å². The van der Waals surface area contributed by atoms with Crippen LogP contribution in [0.25, 0.3) is 0 Å². The number of nitrogens with zero attached hydrogens (tertiary/aromatic N) is 3. The van der Waals surface area contributed by atoms with Crippen LogP contribution in [-0.2, 0) is 0 Å². The summed E-state index contributed by atoms with van der Waals surface area (Å²) in [5.41, 5.74) is 5.96. The molecule has 6 nitrogen and oxygen atoms in total. The fourth-order valence-corrected chi connectivity index (χ4v) is 1.45. The van der Waals surface area contributed by atoms with Gasteiger partial charge in [0.15, 0.2) is 11.6 Å². The molecule has 0 fully saturated rings. The van der Waals surface area contributed by atoms with E-state index in [1.807, 2.05) is 0 Å². The van der Waals surface area contributed by atoms with Crippen molar-refractivity contribution in [2.45, 2.75) is 0 Å². The molecule has 0 aliphatic rings. The number of nitrogen functional groups attached to an aromatic ring is 1. The highest BCUT2D eigenvalue weighted by Crippen LogP contribution is 2.23. The van der Waals surface area contributed by atoms with Crippen molar-refractivity contribution in [3.8, 4) is 5.75 Å². The Morgan fingerprint density at radius 1 is 1.33 bits per heavy atom. The van der Waals surface area contributed by atoms with Crippen molar-refractivity contribution < 1.29 is 9.13 Å². The molecule has 0 amide bonds. The van der Waals surface area contributed by atoms with Crippen molar-refractivity contribution in [1.29, 1.82) is 0 Å².